The minimum atomic E-state index is -3.27. The normalized spacial score (nSPS) is 18.0. The molecule has 1 unspecified atom stereocenters. The van der Waals surface area contributed by atoms with E-state index in [1.807, 2.05) is 30.3 Å². The molecule has 4 aromatic rings. The number of alkyl halides is 3. The van der Waals surface area contributed by atoms with Gasteiger partial charge in [0.15, 0.2) is 9.84 Å². The summed E-state index contributed by atoms with van der Waals surface area (Å²) in [7, 11) is -3.27. The number of likely N-dealkylation sites (tertiary alicyclic amines) is 1. The van der Waals surface area contributed by atoms with E-state index >= 15 is 4.39 Å². The number of aromatic nitrogens is 1. The SMILES string of the molecule is CS(=O)(=O)c1ccc(NCc2ccc(-c3cc4c(NC5CCN(C6CCOCC6)CC5)cccc4n3C(F)C(F)F)cc2)cc1. The smallest absolute Gasteiger partial charge is 0.288 e. The summed E-state index contributed by atoms with van der Waals surface area (Å²) in [6, 6.07) is 21.9. The minimum Gasteiger partial charge on any atom is -0.382 e. The molecule has 11 heteroatoms. The van der Waals surface area contributed by atoms with Crippen molar-refractivity contribution in [2.75, 3.05) is 43.2 Å². The first-order valence-electron chi connectivity index (χ1n) is 15.4. The van der Waals surface area contributed by atoms with Crippen LogP contribution >= 0.6 is 0 Å². The number of anilines is 2. The summed E-state index contributed by atoms with van der Waals surface area (Å²) in [5, 5.41) is 7.61. The van der Waals surface area contributed by atoms with Gasteiger partial charge in [0.25, 0.3) is 6.43 Å². The zero-order valence-corrected chi connectivity index (χ0v) is 26.1. The average Bonchev–Trinajstić information content (AvgIpc) is 3.45. The molecule has 7 nitrogen and oxygen atoms in total. The molecule has 1 aromatic heterocycles. The van der Waals surface area contributed by atoms with Crippen LogP contribution in [0.2, 0.25) is 0 Å². The Morgan fingerprint density at radius 3 is 2.24 bits per heavy atom. The summed E-state index contributed by atoms with van der Waals surface area (Å²) in [6.45, 7) is 4.10. The standard InChI is InChI=1S/C34H39F3N4O3S/c1-45(42,43)28-11-9-25(10-12-28)38-22-23-5-7-24(8-6-23)32-21-29-30(3-2-4-31(29)41(32)34(37)33(35)36)39-26-13-17-40(18-14-26)27-15-19-44-20-16-27/h2-12,21,26-27,33-34,38-39H,13-20,22H2,1H3. The zero-order chi connectivity index (χ0) is 31.6. The first-order chi connectivity index (χ1) is 21.7. The summed E-state index contributed by atoms with van der Waals surface area (Å²) < 4.78 is 72.9. The van der Waals surface area contributed by atoms with Gasteiger partial charge in [0, 0.05) is 67.9 Å². The lowest BCUT2D eigenvalue weighted by molar-refractivity contribution is 0.0115. The van der Waals surface area contributed by atoms with Crippen LogP contribution in [0, 0.1) is 0 Å². The number of rotatable bonds is 10. The molecule has 3 aromatic carbocycles. The van der Waals surface area contributed by atoms with E-state index in [2.05, 4.69) is 15.5 Å². The third-order valence-corrected chi connectivity index (χ3v) is 10.1. The third-order valence-electron chi connectivity index (χ3n) is 8.96. The van der Waals surface area contributed by atoms with Gasteiger partial charge in [0.1, 0.15) is 0 Å². The maximum atomic E-state index is 15.2. The highest BCUT2D eigenvalue weighted by Crippen LogP contribution is 2.38. The molecule has 0 amide bonds. The number of benzene rings is 3. The number of fused-ring (bicyclic) bond motifs is 1. The Hall–Kier alpha value is -3.54. The Kier molecular flexibility index (Phi) is 9.39. The van der Waals surface area contributed by atoms with Crippen molar-refractivity contribution in [3.05, 3.63) is 78.4 Å². The Balaban J connectivity index is 1.19. The molecule has 0 aliphatic carbocycles. The van der Waals surface area contributed by atoms with Gasteiger partial charge in [-0.3, -0.25) is 0 Å². The number of nitrogens with one attached hydrogen (secondary N) is 2. The largest absolute Gasteiger partial charge is 0.382 e. The molecule has 0 spiro atoms. The summed E-state index contributed by atoms with van der Waals surface area (Å²) in [4.78, 5) is 2.80. The Morgan fingerprint density at radius 2 is 1.60 bits per heavy atom. The highest BCUT2D eigenvalue weighted by Gasteiger charge is 2.29. The predicted octanol–water partition coefficient (Wildman–Crippen LogP) is 7.11. The third kappa shape index (κ3) is 7.15. The number of ether oxygens (including phenoxy) is 1. The predicted molar refractivity (Wildman–Crippen MR) is 172 cm³/mol. The number of halogens is 3. The number of hydrogen-bond donors (Lipinski definition) is 2. The summed E-state index contributed by atoms with van der Waals surface area (Å²) in [6.07, 6.45) is -0.419. The van der Waals surface area contributed by atoms with Gasteiger partial charge in [0.2, 0.25) is 6.30 Å². The molecule has 3 heterocycles. The van der Waals surface area contributed by atoms with Gasteiger partial charge in [-0.05, 0) is 79.3 Å². The quantitative estimate of drug-likeness (QED) is 0.193. The van der Waals surface area contributed by atoms with E-state index in [0.717, 1.165) is 73.5 Å². The Bertz CT molecular complexity index is 1700. The molecular formula is C34H39F3N4O3S. The number of hydrogen-bond acceptors (Lipinski definition) is 6. The lowest BCUT2D eigenvalue weighted by atomic mass is 9.99. The monoisotopic (exact) mass is 640 g/mol. The van der Waals surface area contributed by atoms with Crippen LogP contribution in [0.3, 0.4) is 0 Å². The van der Waals surface area contributed by atoms with Crippen LogP contribution in [0.4, 0.5) is 24.5 Å². The fourth-order valence-electron chi connectivity index (χ4n) is 6.47. The van der Waals surface area contributed by atoms with Crippen molar-refractivity contribution in [2.24, 2.45) is 0 Å². The molecule has 2 saturated heterocycles. The fourth-order valence-corrected chi connectivity index (χ4v) is 7.10. The van der Waals surface area contributed by atoms with Crippen LogP contribution in [-0.4, -0.2) is 69.0 Å². The van der Waals surface area contributed by atoms with E-state index in [9.17, 15) is 17.2 Å². The minimum absolute atomic E-state index is 0.240. The van der Waals surface area contributed by atoms with E-state index in [4.69, 9.17) is 4.74 Å². The topological polar surface area (TPSA) is 75.6 Å². The van der Waals surface area contributed by atoms with Crippen molar-refractivity contribution in [1.29, 1.82) is 0 Å². The second-order valence-electron chi connectivity index (χ2n) is 12.0. The molecular weight excluding hydrogens is 601 g/mol. The lowest BCUT2D eigenvalue weighted by Gasteiger charge is -2.39. The van der Waals surface area contributed by atoms with Crippen molar-refractivity contribution < 1.29 is 26.3 Å². The molecule has 45 heavy (non-hydrogen) atoms. The zero-order valence-electron chi connectivity index (χ0n) is 25.3. The van der Waals surface area contributed by atoms with E-state index in [-0.39, 0.29) is 10.9 Å². The second-order valence-corrected chi connectivity index (χ2v) is 14.0. The summed E-state index contributed by atoms with van der Waals surface area (Å²) >= 11 is 0. The highest BCUT2D eigenvalue weighted by atomic mass is 32.2. The molecule has 0 radical (unpaired) electrons. The van der Waals surface area contributed by atoms with Gasteiger partial charge in [-0.15, -0.1) is 0 Å². The van der Waals surface area contributed by atoms with Crippen molar-refractivity contribution in [1.82, 2.24) is 9.47 Å². The van der Waals surface area contributed by atoms with Crippen LogP contribution in [0.1, 0.15) is 37.5 Å². The van der Waals surface area contributed by atoms with E-state index < -0.39 is 22.6 Å². The van der Waals surface area contributed by atoms with Crippen LogP contribution in [0.25, 0.3) is 22.2 Å². The van der Waals surface area contributed by atoms with Gasteiger partial charge < -0.3 is 24.8 Å². The van der Waals surface area contributed by atoms with Crippen LogP contribution in [0.15, 0.2) is 77.7 Å². The van der Waals surface area contributed by atoms with Crippen LogP contribution in [0.5, 0.6) is 0 Å². The molecule has 2 fully saturated rings. The van der Waals surface area contributed by atoms with Gasteiger partial charge in [-0.25, -0.2) is 21.6 Å². The fraction of sp³-hybridized carbons (Fsp3) is 0.412. The molecule has 0 bridgehead atoms. The second kappa shape index (κ2) is 13.4. The highest BCUT2D eigenvalue weighted by molar-refractivity contribution is 7.90. The maximum Gasteiger partial charge on any atom is 0.288 e. The summed E-state index contributed by atoms with van der Waals surface area (Å²) in [5.74, 6) is 0. The van der Waals surface area contributed by atoms with Crippen molar-refractivity contribution >= 4 is 32.1 Å². The molecule has 2 aliphatic rings. The van der Waals surface area contributed by atoms with Crippen molar-refractivity contribution in [2.45, 2.75) is 61.9 Å². The van der Waals surface area contributed by atoms with Gasteiger partial charge >= 0.3 is 0 Å². The Labute approximate surface area is 262 Å². The van der Waals surface area contributed by atoms with Gasteiger partial charge in [-0.2, -0.15) is 0 Å². The van der Waals surface area contributed by atoms with E-state index in [1.54, 1.807) is 42.5 Å². The van der Waals surface area contributed by atoms with E-state index in [0.29, 0.717) is 34.7 Å². The first-order valence-corrected chi connectivity index (χ1v) is 17.3. The lowest BCUT2D eigenvalue weighted by Crippen LogP contribution is -2.46. The Morgan fingerprint density at radius 1 is 0.911 bits per heavy atom. The summed E-state index contributed by atoms with van der Waals surface area (Å²) in [5.41, 5.74) is 3.95. The first kappa shape index (κ1) is 31.4. The number of nitrogens with zero attached hydrogens (tertiary/aromatic N) is 2. The molecule has 1 atom stereocenters. The maximum absolute atomic E-state index is 15.2. The van der Waals surface area contributed by atoms with Gasteiger partial charge in [-0.1, -0.05) is 30.3 Å². The van der Waals surface area contributed by atoms with E-state index in [1.165, 1.54) is 6.26 Å². The molecule has 0 saturated carbocycles. The number of piperidine rings is 1. The van der Waals surface area contributed by atoms with Crippen molar-refractivity contribution in [3.63, 3.8) is 0 Å². The number of sulfone groups is 1. The van der Waals surface area contributed by atoms with Crippen molar-refractivity contribution in [3.8, 4) is 11.3 Å². The molecule has 2 N–H and O–H groups in total. The van der Waals surface area contributed by atoms with Gasteiger partial charge in [0.05, 0.1) is 16.1 Å². The molecule has 2 aliphatic heterocycles. The molecule has 6 rings (SSSR count). The average molecular weight is 641 g/mol. The van der Waals surface area contributed by atoms with Crippen LogP contribution < -0.4 is 10.6 Å². The molecule has 240 valence electrons. The van der Waals surface area contributed by atoms with Crippen LogP contribution in [-0.2, 0) is 21.1 Å².